The summed E-state index contributed by atoms with van der Waals surface area (Å²) in [5.74, 6) is 4.16. The second-order valence-corrected chi connectivity index (χ2v) is 7.56. The molecule has 4 unspecified atom stereocenters. The average Bonchev–Trinajstić information content (AvgIpc) is 3.44. The molecule has 0 saturated carbocycles. The SMILES string of the molecule is CN=C(NCc1ccc(-c2ccccc2)o1)N1CC2C3CCC(O3)C2C1.I. The van der Waals surface area contributed by atoms with Gasteiger partial charge in [0, 0.05) is 37.5 Å². The standard InChI is InChI=1S/C21H25N3O2.HI/c1-22-21(24-12-16-17(13-24)20-10-9-19(16)26-20)23-11-15-7-8-18(25-15)14-5-3-2-4-6-14;/h2-8,16-17,19-20H,9-13H2,1H3,(H,22,23);1H. The first-order chi connectivity index (χ1) is 12.8. The maximum atomic E-state index is 6.07. The van der Waals surface area contributed by atoms with Crippen LogP contribution in [0, 0.1) is 11.8 Å². The number of aliphatic imine (C=N–C) groups is 1. The summed E-state index contributed by atoms with van der Waals surface area (Å²) >= 11 is 0. The Kier molecular flexibility index (Phi) is 5.45. The van der Waals surface area contributed by atoms with E-state index in [2.05, 4.69) is 27.3 Å². The number of ether oxygens (including phenoxy) is 1. The molecule has 4 heterocycles. The molecule has 4 atom stereocenters. The molecular weight excluding hydrogens is 453 g/mol. The Labute approximate surface area is 177 Å². The van der Waals surface area contributed by atoms with Gasteiger partial charge in [0.25, 0.3) is 0 Å². The van der Waals surface area contributed by atoms with Crippen LogP contribution < -0.4 is 5.32 Å². The van der Waals surface area contributed by atoms with Gasteiger partial charge >= 0.3 is 0 Å². The fourth-order valence-corrected chi connectivity index (χ4v) is 4.86. The predicted octanol–water partition coefficient (Wildman–Crippen LogP) is 3.75. The largest absolute Gasteiger partial charge is 0.459 e. The van der Waals surface area contributed by atoms with E-state index < -0.39 is 0 Å². The van der Waals surface area contributed by atoms with Crippen molar-refractivity contribution in [2.24, 2.45) is 16.8 Å². The third-order valence-electron chi connectivity index (χ3n) is 6.10. The lowest BCUT2D eigenvalue weighted by Crippen LogP contribution is -2.40. The van der Waals surface area contributed by atoms with Gasteiger partial charge < -0.3 is 19.4 Å². The summed E-state index contributed by atoms with van der Waals surface area (Å²) in [7, 11) is 1.86. The number of hydrogen-bond acceptors (Lipinski definition) is 3. The zero-order valence-corrected chi connectivity index (χ0v) is 17.8. The summed E-state index contributed by atoms with van der Waals surface area (Å²) in [4.78, 5) is 6.89. The van der Waals surface area contributed by atoms with Gasteiger partial charge in [0.15, 0.2) is 5.96 Å². The summed E-state index contributed by atoms with van der Waals surface area (Å²) in [6.45, 7) is 2.76. The van der Waals surface area contributed by atoms with Crippen LogP contribution in [0.15, 0.2) is 51.9 Å². The molecule has 1 aromatic carbocycles. The molecule has 2 bridgehead atoms. The molecule has 27 heavy (non-hydrogen) atoms. The van der Waals surface area contributed by atoms with E-state index in [1.807, 2.05) is 37.4 Å². The van der Waals surface area contributed by atoms with Gasteiger partial charge in [0.05, 0.1) is 18.8 Å². The van der Waals surface area contributed by atoms with Crippen molar-refractivity contribution in [3.05, 3.63) is 48.2 Å². The quantitative estimate of drug-likeness (QED) is 0.414. The molecule has 144 valence electrons. The van der Waals surface area contributed by atoms with Crippen molar-refractivity contribution in [3.8, 4) is 11.3 Å². The molecule has 3 saturated heterocycles. The summed E-state index contributed by atoms with van der Waals surface area (Å²) < 4.78 is 12.1. The van der Waals surface area contributed by atoms with Crippen LogP contribution in [0.2, 0.25) is 0 Å². The number of halogens is 1. The highest BCUT2D eigenvalue weighted by Crippen LogP contribution is 2.47. The molecule has 0 amide bonds. The van der Waals surface area contributed by atoms with E-state index in [1.54, 1.807) is 0 Å². The minimum Gasteiger partial charge on any atom is -0.459 e. The average molecular weight is 479 g/mol. The van der Waals surface area contributed by atoms with Gasteiger partial charge in [-0.05, 0) is 25.0 Å². The molecule has 0 radical (unpaired) electrons. The second kappa shape index (κ2) is 7.83. The van der Waals surface area contributed by atoms with E-state index in [4.69, 9.17) is 9.15 Å². The summed E-state index contributed by atoms with van der Waals surface area (Å²) in [6, 6.07) is 14.3. The van der Waals surface area contributed by atoms with Gasteiger partial charge in [-0.15, -0.1) is 24.0 Å². The third kappa shape index (κ3) is 3.49. The number of hydrogen-bond donors (Lipinski definition) is 1. The van der Waals surface area contributed by atoms with Crippen molar-refractivity contribution in [1.29, 1.82) is 0 Å². The first-order valence-corrected chi connectivity index (χ1v) is 9.57. The number of guanidine groups is 1. The van der Waals surface area contributed by atoms with Crippen LogP contribution in [0.4, 0.5) is 0 Å². The summed E-state index contributed by atoms with van der Waals surface area (Å²) in [5, 5.41) is 3.47. The molecule has 0 spiro atoms. The molecule has 0 aliphatic carbocycles. The lowest BCUT2D eigenvalue weighted by atomic mass is 9.82. The fraction of sp³-hybridized carbons (Fsp3) is 0.476. The van der Waals surface area contributed by atoms with Crippen LogP contribution in [-0.4, -0.2) is 43.2 Å². The first kappa shape index (κ1) is 18.8. The Morgan fingerprint density at radius 3 is 2.44 bits per heavy atom. The van der Waals surface area contributed by atoms with Crippen molar-refractivity contribution >= 4 is 29.9 Å². The van der Waals surface area contributed by atoms with Gasteiger partial charge in [-0.3, -0.25) is 4.99 Å². The highest BCUT2D eigenvalue weighted by Gasteiger charge is 2.53. The molecule has 1 aromatic heterocycles. The van der Waals surface area contributed by atoms with Crippen LogP contribution in [0.3, 0.4) is 0 Å². The highest BCUT2D eigenvalue weighted by molar-refractivity contribution is 14.0. The van der Waals surface area contributed by atoms with E-state index in [0.717, 1.165) is 36.1 Å². The van der Waals surface area contributed by atoms with E-state index in [0.29, 0.717) is 30.6 Å². The Morgan fingerprint density at radius 1 is 1.07 bits per heavy atom. The van der Waals surface area contributed by atoms with Crippen molar-refractivity contribution in [2.45, 2.75) is 31.6 Å². The van der Waals surface area contributed by atoms with Gasteiger partial charge in [-0.25, -0.2) is 0 Å². The Bertz CT molecular complexity index is 789. The zero-order valence-electron chi connectivity index (χ0n) is 15.5. The topological polar surface area (TPSA) is 50.0 Å². The molecule has 3 aliphatic heterocycles. The first-order valence-electron chi connectivity index (χ1n) is 9.57. The van der Waals surface area contributed by atoms with Crippen LogP contribution in [0.1, 0.15) is 18.6 Å². The maximum absolute atomic E-state index is 6.07. The van der Waals surface area contributed by atoms with E-state index in [9.17, 15) is 0 Å². The van der Waals surface area contributed by atoms with Crippen molar-refractivity contribution in [3.63, 3.8) is 0 Å². The molecule has 3 aliphatic rings. The Hall–Kier alpha value is -1.54. The number of nitrogens with one attached hydrogen (secondary N) is 1. The van der Waals surface area contributed by atoms with Gasteiger partial charge in [-0.1, -0.05) is 30.3 Å². The Morgan fingerprint density at radius 2 is 1.78 bits per heavy atom. The number of benzene rings is 1. The number of likely N-dealkylation sites (tertiary alicyclic amines) is 1. The second-order valence-electron chi connectivity index (χ2n) is 7.56. The number of rotatable bonds is 3. The smallest absolute Gasteiger partial charge is 0.194 e. The van der Waals surface area contributed by atoms with Gasteiger partial charge in [-0.2, -0.15) is 0 Å². The number of furan rings is 1. The third-order valence-corrected chi connectivity index (χ3v) is 6.10. The van der Waals surface area contributed by atoms with Crippen LogP contribution >= 0.6 is 24.0 Å². The summed E-state index contributed by atoms with van der Waals surface area (Å²) in [5.41, 5.74) is 1.10. The molecule has 3 fully saturated rings. The van der Waals surface area contributed by atoms with E-state index in [-0.39, 0.29) is 24.0 Å². The van der Waals surface area contributed by atoms with Gasteiger partial charge in [0.2, 0.25) is 0 Å². The monoisotopic (exact) mass is 479 g/mol. The van der Waals surface area contributed by atoms with Crippen molar-refractivity contribution in [1.82, 2.24) is 10.2 Å². The molecule has 1 N–H and O–H groups in total. The van der Waals surface area contributed by atoms with Crippen LogP contribution in [-0.2, 0) is 11.3 Å². The Balaban J connectivity index is 0.00000180. The molecule has 2 aromatic rings. The lowest BCUT2D eigenvalue weighted by molar-refractivity contribution is 0.0767. The number of nitrogens with zero attached hydrogens (tertiary/aromatic N) is 2. The molecular formula is C21H26IN3O2. The zero-order chi connectivity index (χ0) is 17.5. The summed E-state index contributed by atoms with van der Waals surface area (Å²) in [6.07, 6.45) is 3.43. The molecule has 5 nitrogen and oxygen atoms in total. The van der Waals surface area contributed by atoms with Gasteiger partial charge in [0.1, 0.15) is 11.5 Å². The molecule has 6 heteroatoms. The normalized spacial score (nSPS) is 28.9. The fourth-order valence-electron chi connectivity index (χ4n) is 4.86. The van der Waals surface area contributed by atoms with Crippen molar-refractivity contribution in [2.75, 3.05) is 20.1 Å². The van der Waals surface area contributed by atoms with Crippen LogP contribution in [0.5, 0.6) is 0 Å². The predicted molar refractivity (Wildman–Crippen MR) is 116 cm³/mol. The minimum absolute atomic E-state index is 0. The number of fused-ring (bicyclic) bond motifs is 5. The van der Waals surface area contributed by atoms with Crippen LogP contribution in [0.25, 0.3) is 11.3 Å². The maximum Gasteiger partial charge on any atom is 0.194 e. The highest BCUT2D eigenvalue weighted by atomic mass is 127. The van der Waals surface area contributed by atoms with E-state index in [1.165, 1.54) is 12.8 Å². The van der Waals surface area contributed by atoms with Crippen molar-refractivity contribution < 1.29 is 9.15 Å². The minimum atomic E-state index is 0. The molecule has 5 rings (SSSR count). The lowest BCUT2D eigenvalue weighted by Gasteiger charge is -2.23. The van der Waals surface area contributed by atoms with E-state index >= 15 is 0 Å².